The zero-order chi connectivity index (χ0) is 16.2. The van der Waals surface area contributed by atoms with Crippen molar-refractivity contribution >= 4 is 5.91 Å². The molecule has 0 aliphatic heterocycles. The lowest BCUT2D eigenvalue weighted by Gasteiger charge is -2.18. The number of alkyl halides is 3. The summed E-state index contributed by atoms with van der Waals surface area (Å²) in [5, 5.41) is 8.86. The van der Waals surface area contributed by atoms with Crippen LogP contribution in [-0.2, 0) is 6.18 Å². The molecule has 5 nitrogen and oxygen atoms in total. The normalized spacial score (nSPS) is 12.9. The van der Waals surface area contributed by atoms with E-state index in [9.17, 15) is 18.0 Å². The molecular weight excluding hydrogens is 297 g/mol. The maximum Gasteiger partial charge on any atom is 0.433 e. The highest BCUT2D eigenvalue weighted by Gasteiger charge is 2.33. The van der Waals surface area contributed by atoms with Gasteiger partial charge < -0.3 is 5.32 Å². The van der Waals surface area contributed by atoms with Gasteiger partial charge in [0.15, 0.2) is 0 Å². The lowest BCUT2D eigenvalue weighted by molar-refractivity contribution is -0.141. The Kier molecular flexibility index (Phi) is 4.79. The molecule has 2 heterocycles. The van der Waals surface area contributed by atoms with Gasteiger partial charge in [0.2, 0.25) is 0 Å². The fourth-order valence-corrected chi connectivity index (χ4v) is 2.00. The first kappa shape index (κ1) is 16.0. The molecule has 2 aromatic heterocycles. The number of carbonyl (C=O) groups is 1. The van der Waals surface area contributed by atoms with Crippen molar-refractivity contribution in [3.05, 3.63) is 47.5 Å². The standard InChI is InChI=1S/C14H15F3N4O/c1-2-4-10(21-13(22)9-7-18-19-8-9)11-5-3-6-12(20-11)14(15,16)17/h3,5-8,10H,2,4H2,1H3,(H,18,19)(H,21,22)/t10-/m0/s1. The molecule has 0 aliphatic carbocycles. The van der Waals surface area contributed by atoms with Crippen LogP contribution in [0.5, 0.6) is 0 Å². The Balaban J connectivity index is 2.22. The van der Waals surface area contributed by atoms with Crippen LogP contribution in [-0.4, -0.2) is 21.1 Å². The quantitative estimate of drug-likeness (QED) is 0.891. The molecule has 2 aromatic rings. The molecule has 2 N–H and O–H groups in total. The maximum absolute atomic E-state index is 12.7. The van der Waals surface area contributed by atoms with Crippen molar-refractivity contribution in [3.63, 3.8) is 0 Å². The van der Waals surface area contributed by atoms with Gasteiger partial charge in [0.1, 0.15) is 5.69 Å². The Hall–Kier alpha value is -2.38. The van der Waals surface area contributed by atoms with Gasteiger partial charge in [0.05, 0.1) is 23.5 Å². The average molecular weight is 312 g/mol. The van der Waals surface area contributed by atoms with Gasteiger partial charge in [-0.2, -0.15) is 18.3 Å². The van der Waals surface area contributed by atoms with Gasteiger partial charge in [-0.05, 0) is 18.6 Å². The topological polar surface area (TPSA) is 70.7 Å². The van der Waals surface area contributed by atoms with E-state index in [1.807, 2.05) is 6.92 Å². The van der Waals surface area contributed by atoms with Gasteiger partial charge in [0.25, 0.3) is 5.91 Å². The summed E-state index contributed by atoms with van der Waals surface area (Å²) in [5.41, 5.74) is -0.467. The number of carbonyl (C=O) groups excluding carboxylic acids is 1. The van der Waals surface area contributed by atoms with Crippen LogP contribution in [0.3, 0.4) is 0 Å². The van der Waals surface area contributed by atoms with Crippen LogP contribution in [0.25, 0.3) is 0 Å². The van der Waals surface area contributed by atoms with E-state index in [-0.39, 0.29) is 5.69 Å². The van der Waals surface area contributed by atoms with Crippen molar-refractivity contribution in [2.24, 2.45) is 0 Å². The molecule has 0 unspecified atom stereocenters. The third-order valence-corrected chi connectivity index (χ3v) is 3.06. The molecule has 0 aliphatic rings. The van der Waals surface area contributed by atoms with Gasteiger partial charge in [0, 0.05) is 6.20 Å². The summed E-state index contributed by atoms with van der Waals surface area (Å²) in [7, 11) is 0. The zero-order valence-electron chi connectivity index (χ0n) is 11.8. The third-order valence-electron chi connectivity index (χ3n) is 3.06. The highest BCUT2D eigenvalue weighted by atomic mass is 19.4. The van der Waals surface area contributed by atoms with Gasteiger partial charge in [-0.1, -0.05) is 19.4 Å². The van der Waals surface area contributed by atoms with Crippen molar-refractivity contribution in [1.29, 1.82) is 0 Å². The number of nitrogens with one attached hydrogen (secondary N) is 2. The second-order valence-electron chi connectivity index (χ2n) is 4.75. The van der Waals surface area contributed by atoms with Crippen molar-refractivity contribution in [3.8, 4) is 0 Å². The Morgan fingerprint density at radius 2 is 2.18 bits per heavy atom. The molecular formula is C14H15F3N4O. The molecule has 1 atom stereocenters. The smallest absolute Gasteiger partial charge is 0.344 e. The summed E-state index contributed by atoms with van der Waals surface area (Å²) in [6.07, 6.45) is -0.580. The van der Waals surface area contributed by atoms with E-state index >= 15 is 0 Å². The van der Waals surface area contributed by atoms with Crippen LogP contribution in [0.15, 0.2) is 30.6 Å². The number of hydrogen-bond donors (Lipinski definition) is 2. The number of rotatable bonds is 5. The molecule has 2 rings (SSSR count). The van der Waals surface area contributed by atoms with Crippen LogP contribution in [0, 0.1) is 0 Å². The molecule has 0 radical (unpaired) electrons. The van der Waals surface area contributed by atoms with E-state index in [4.69, 9.17) is 0 Å². The number of hydrogen-bond acceptors (Lipinski definition) is 3. The summed E-state index contributed by atoms with van der Waals surface area (Å²) in [6, 6.07) is 3.09. The molecule has 22 heavy (non-hydrogen) atoms. The van der Waals surface area contributed by atoms with Gasteiger partial charge in [-0.15, -0.1) is 0 Å². The van der Waals surface area contributed by atoms with Crippen LogP contribution >= 0.6 is 0 Å². The summed E-state index contributed by atoms with van der Waals surface area (Å²) in [6.45, 7) is 1.88. The lowest BCUT2D eigenvalue weighted by Crippen LogP contribution is -2.29. The molecule has 0 bridgehead atoms. The maximum atomic E-state index is 12.7. The lowest BCUT2D eigenvalue weighted by atomic mass is 10.1. The van der Waals surface area contributed by atoms with E-state index < -0.39 is 23.8 Å². The summed E-state index contributed by atoms with van der Waals surface area (Å²) < 4.78 is 38.2. The minimum atomic E-state index is -4.51. The predicted molar refractivity (Wildman–Crippen MR) is 72.9 cm³/mol. The highest BCUT2D eigenvalue weighted by Crippen LogP contribution is 2.29. The van der Waals surface area contributed by atoms with Crippen molar-refractivity contribution in [2.45, 2.75) is 32.0 Å². The van der Waals surface area contributed by atoms with E-state index in [0.29, 0.717) is 18.4 Å². The fraction of sp³-hybridized carbons (Fsp3) is 0.357. The Labute approximate surface area is 125 Å². The molecule has 0 saturated heterocycles. The predicted octanol–water partition coefficient (Wildman–Crippen LogP) is 3.09. The van der Waals surface area contributed by atoms with Crippen molar-refractivity contribution < 1.29 is 18.0 Å². The molecule has 0 aromatic carbocycles. The first-order valence-corrected chi connectivity index (χ1v) is 6.75. The zero-order valence-corrected chi connectivity index (χ0v) is 11.8. The second kappa shape index (κ2) is 6.59. The molecule has 0 saturated carbocycles. The Morgan fingerprint density at radius 1 is 1.41 bits per heavy atom. The molecule has 8 heteroatoms. The average Bonchev–Trinajstić information content (AvgIpc) is 3.00. The highest BCUT2D eigenvalue weighted by molar-refractivity contribution is 5.93. The number of nitrogens with zero attached hydrogens (tertiary/aromatic N) is 2. The van der Waals surface area contributed by atoms with E-state index in [2.05, 4.69) is 20.5 Å². The Morgan fingerprint density at radius 3 is 2.77 bits per heavy atom. The monoisotopic (exact) mass is 312 g/mol. The van der Waals surface area contributed by atoms with E-state index in [1.54, 1.807) is 0 Å². The molecule has 0 spiro atoms. The second-order valence-corrected chi connectivity index (χ2v) is 4.75. The molecule has 0 fully saturated rings. The fourth-order valence-electron chi connectivity index (χ4n) is 2.00. The minimum absolute atomic E-state index is 0.188. The largest absolute Gasteiger partial charge is 0.433 e. The van der Waals surface area contributed by atoms with Crippen LogP contribution < -0.4 is 5.32 Å². The third kappa shape index (κ3) is 3.84. The van der Waals surface area contributed by atoms with Gasteiger partial charge >= 0.3 is 6.18 Å². The Bertz CT molecular complexity index is 625. The van der Waals surface area contributed by atoms with Crippen LogP contribution in [0.1, 0.15) is 47.6 Å². The first-order valence-electron chi connectivity index (χ1n) is 6.75. The summed E-state index contributed by atoms with van der Waals surface area (Å²) in [4.78, 5) is 15.7. The molecule has 118 valence electrons. The number of halogens is 3. The van der Waals surface area contributed by atoms with Gasteiger partial charge in [-0.3, -0.25) is 9.89 Å². The number of amides is 1. The number of H-pyrrole nitrogens is 1. The number of aromatic nitrogens is 3. The molecule has 1 amide bonds. The number of pyridine rings is 1. The SMILES string of the molecule is CCC[C@H](NC(=O)c1cn[nH]c1)c1cccc(C(F)(F)F)n1. The van der Waals surface area contributed by atoms with E-state index in [0.717, 1.165) is 6.07 Å². The van der Waals surface area contributed by atoms with E-state index in [1.165, 1.54) is 24.5 Å². The van der Waals surface area contributed by atoms with Crippen LogP contribution in [0.2, 0.25) is 0 Å². The summed E-state index contributed by atoms with van der Waals surface area (Å²) in [5.74, 6) is -0.411. The van der Waals surface area contributed by atoms with Crippen LogP contribution in [0.4, 0.5) is 13.2 Å². The summed E-state index contributed by atoms with van der Waals surface area (Å²) >= 11 is 0. The van der Waals surface area contributed by atoms with Crippen molar-refractivity contribution in [1.82, 2.24) is 20.5 Å². The minimum Gasteiger partial charge on any atom is -0.344 e. The van der Waals surface area contributed by atoms with Crippen molar-refractivity contribution in [2.75, 3.05) is 0 Å². The number of aromatic amines is 1. The first-order chi connectivity index (χ1) is 10.4. The van der Waals surface area contributed by atoms with Gasteiger partial charge in [-0.25, -0.2) is 4.98 Å².